The number of alkyl halides is 1. The lowest BCUT2D eigenvalue weighted by atomic mass is 9.47. The van der Waals surface area contributed by atoms with Crippen LogP contribution < -0.4 is 0 Å². The van der Waals surface area contributed by atoms with Gasteiger partial charge in [0.15, 0.2) is 0 Å². The van der Waals surface area contributed by atoms with E-state index in [1.54, 1.807) is 24.4 Å². The molecule has 5 heteroatoms. The molecule has 0 amide bonds. The Labute approximate surface area is 173 Å². The maximum atomic E-state index is 15.7. The van der Waals surface area contributed by atoms with Crippen molar-refractivity contribution < 1.29 is 8.78 Å². The fourth-order valence-corrected chi connectivity index (χ4v) is 4.48. The summed E-state index contributed by atoms with van der Waals surface area (Å²) < 4.78 is 32.4. The van der Waals surface area contributed by atoms with Crippen LogP contribution in [0.1, 0.15) is 0 Å². The second kappa shape index (κ2) is 7.41. The highest BCUT2D eigenvalue weighted by molar-refractivity contribution is 6.65. The summed E-state index contributed by atoms with van der Waals surface area (Å²) in [5.74, 6) is -1.04. The van der Waals surface area contributed by atoms with Crippen LogP contribution >= 0.6 is 0 Å². The molecule has 146 valence electrons. The van der Waals surface area contributed by atoms with E-state index < -0.39 is 18.7 Å². The summed E-state index contributed by atoms with van der Waals surface area (Å²) in [6.07, 6.45) is 9.65. The van der Waals surface area contributed by atoms with Crippen molar-refractivity contribution in [2.24, 2.45) is 0 Å². The number of hydrogen-bond acceptors (Lipinski definition) is 1. The van der Waals surface area contributed by atoms with Crippen molar-refractivity contribution in [2.75, 3.05) is 0 Å². The molecule has 4 aromatic rings. The van der Waals surface area contributed by atoms with Gasteiger partial charge in [-0.3, -0.25) is 4.98 Å². The van der Waals surface area contributed by atoms with Crippen LogP contribution in [0.4, 0.5) is 8.78 Å². The molecule has 1 aliphatic rings. The molecular weight excluding hydrogens is 377 g/mol. The van der Waals surface area contributed by atoms with Crippen LogP contribution in [0.15, 0.2) is 104 Å². The van der Waals surface area contributed by atoms with E-state index in [9.17, 15) is 4.39 Å². The van der Waals surface area contributed by atoms with Crippen molar-refractivity contribution in [2.45, 2.75) is 11.9 Å². The SMILES string of the molecule is C=C/C=C\C(F)B(C1C=CC=C1F)n1c2ccccc2c2ccc3cccnc3c21. The maximum absolute atomic E-state index is 15.7. The first-order chi connectivity index (χ1) is 14.7. The van der Waals surface area contributed by atoms with Gasteiger partial charge < -0.3 is 4.48 Å². The number of hydrogen-bond donors (Lipinski definition) is 0. The lowest BCUT2D eigenvalue weighted by Crippen LogP contribution is -2.38. The van der Waals surface area contributed by atoms with Crippen molar-refractivity contribution in [3.63, 3.8) is 0 Å². The highest BCUT2D eigenvalue weighted by Gasteiger charge is 2.39. The number of allylic oxidation sites excluding steroid dienone is 7. The molecule has 0 saturated carbocycles. The van der Waals surface area contributed by atoms with Crippen LogP contribution in [0.25, 0.3) is 32.7 Å². The van der Waals surface area contributed by atoms with Crippen molar-refractivity contribution in [1.82, 2.24) is 9.46 Å². The van der Waals surface area contributed by atoms with Gasteiger partial charge in [0.25, 0.3) is 0 Å². The van der Waals surface area contributed by atoms with Gasteiger partial charge in [-0.1, -0.05) is 73.4 Å². The van der Waals surface area contributed by atoms with Gasteiger partial charge >= 0.3 is 6.85 Å². The van der Waals surface area contributed by atoms with Gasteiger partial charge in [-0.2, -0.15) is 0 Å². The van der Waals surface area contributed by atoms with E-state index >= 15 is 4.39 Å². The third-order valence-corrected chi connectivity index (χ3v) is 5.76. The summed E-state index contributed by atoms with van der Waals surface area (Å²) in [4.78, 5) is 4.61. The monoisotopic (exact) mass is 396 g/mol. The Morgan fingerprint density at radius 2 is 1.97 bits per heavy atom. The molecule has 5 rings (SSSR count). The number of halogens is 2. The topological polar surface area (TPSA) is 17.8 Å². The second-order valence-electron chi connectivity index (χ2n) is 7.44. The molecule has 0 aliphatic heterocycles. The van der Waals surface area contributed by atoms with Crippen molar-refractivity contribution in [3.05, 3.63) is 104 Å². The molecule has 0 radical (unpaired) electrons. The molecule has 0 bridgehead atoms. The summed E-state index contributed by atoms with van der Waals surface area (Å²) in [7, 11) is 0. The van der Waals surface area contributed by atoms with E-state index in [1.165, 1.54) is 18.2 Å². The maximum Gasteiger partial charge on any atom is 0.315 e. The summed E-state index contributed by atoms with van der Waals surface area (Å²) in [6.45, 7) is 2.84. The Morgan fingerprint density at radius 3 is 2.77 bits per heavy atom. The summed E-state index contributed by atoms with van der Waals surface area (Å²) in [5, 5.41) is 2.94. The minimum atomic E-state index is -1.42. The van der Waals surface area contributed by atoms with Crippen LogP contribution in [0.2, 0.25) is 5.82 Å². The molecule has 30 heavy (non-hydrogen) atoms. The second-order valence-corrected chi connectivity index (χ2v) is 7.44. The Morgan fingerprint density at radius 1 is 1.10 bits per heavy atom. The molecule has 0 N–H and O–H groups in total. The quantitative estimate of drug-likeness (QED) is 0.275. The number of aromatic nitrogens is 2. The minimum Gasteiger partial charge on any atom is -0.379 e. The smallest absolute Gasteiger partial charge is 0.315 e. The Hall–Kier alpha value is -3.47. The van der Waals surface area contributed by atoms with Gasteiger partial charge in [-0.25, -0.2) is 8.78 Å². The molecule has 0 spiro atoms. The summed E-state index contributed by atoms with van der Waals surface area (Å²) in [6, 6.07) is 15.8. The molecule has 0 fully saturated rings. The largest absolute Gasteiger partial charge is 0.379 e. The lowest BCUT2D eigenvalue weighted by Gasteiger charge is -2.24. The molecule has 2 nitrogen and oxygen atoms in total. The Kier molecular flexibility index (Phi) is 4.59. The van der Waals surface area contributed by atoms with Crippen LogP contribution in [0.5, 0.6) is 0 Å². The van der Waals surface area contributed by atoms with E-state index in [2.05, 4.69) is 11.6 Å². The number of pyridine rings is 1. The van der Waals surface area contributed by atoms with Crippen LogP contribution in [-0.4, -0.2) is 22.4 Å². The fraction of sp³-hybridized carbons (Fsp3) is 0.0800. The Bertz CT molecular complexity index is 1370. The van der Waals surface area contributed by atoms with Crippen LogP contribution in [-0.2, 0) is 0 Å². The van der Waals surface area contributed by atoms with E-state index in [0.717, 1.165) is 32.7 Å². The Balaban J connectivity index is 1.91. The first-order valence-electron chi connectivity index (χ1n) is 9.94. The average Bonchev–Trinajstić information content (AvgIpc) is 3.35. The van der Waals surface area contributed by atoms with E-state index in [-0.39, 0.29) is 5.83 Å². The molecule has 2 unspecified atom stereocenters. The number of rotatable bonds is 5. The third kappa shape index (κ3) is 2.81. The fourth-order valence-electron chi connectivity index (χ4n) is 4.48. The lowest BCUT2D eigenvalue weighted by molar-refractivity contribution is 0.488. The van der Waals surface area contributed by atoms with E-state index in [1.807, 2.05) is 53.0 Å². The van der Waals surface area contributed by atoms with Crippen molar-refractivity contribution >= 4 is 39.6 Å². The number of nitrogens with zero attached hydrogens (tertiary/aromatic N) is 2. The zero-order valence-corrected chi connectivity index (χ0v) is 16.2. The normalized spacial score (nSPS) is 17.3. The van der Waals surface area contributed by atoms with E-state index in [0.29, 0.717) is 0 Å². The standard InChI is InChI=1S/C25H19BF2N2/c1-2-3-13-23(28)26(20-10-6-11-21(20)27)30-22-12-5-4-9-18(22)19-15-14-17-8-7-16-29-24(17)25(19)30/h2-16,20,23H,1H2/b13-3-. The van der Waals surface area contributed by atoms with Crippen LogP contribution in [0, 0.1) is 0 Å². The molecule has 1 aliphatic carbocycles. The average molecular weight is 396 g/mol. The highest BCUT2D eigenvalue weighted by atomic mass is 19.1. The predicted molar refractivity (Wildman–Crippen MR) is 122 cm³/mol. The first kappa shape index (κ1) is 18.6. The number of para-hydroxylation sites is 1. The molecule has 0 saturated heterocycles. The first-order valence-corrected chi connectivity index (χ1v) is 9.94. The zero-order valence-electron chi connectivity index (χ0n) is 16.2. The minimum absolute atomic E-state index is 0.339. The van der Waals surface area contributed by atoms with Gasteiger partial charge in [0.2, 0.25) is 0 Å². The molecule has 2 atom stereocenters. The number of benzene rings is 2. The summed E-state index contributed by atoms with van der Waals surface area (Å²) >= 11 is 0. The van der Waals surface area contributed by atoms with Crippen LogP contribution in [0.3, 0.4) is 0 Å². The third-order valence-electron chi connectivity index (χ3n) is 5.76. The molecule has 2 aromatic carbocycles. The zero-order chi connectivity index (χ0) is 20.7. The van der Waals surface area contributed by atoms with Gasteiger partial charge in [-0.05, 0) is 18.2 Å². The van der Waals surface area contributed by atoms with E-state index in [4.69, 9.17) is 0 Å². The van der Waals surface area contributed by atoms with Gasteiger partial charge in [0, 0.05) is 33.7 Å². The summed E-state index contributed by atoms with van der Waals surface area (Å²) in [5.41, 5.74) is 2.46. The van der Waals surface area contributed by atoms with Crippen molar-refractivity contribution in [1.29, 1.82) is 0 Å². The van der Waals surface area contributed by atoms with Gasteiger partial charge in [0.05, 0.1) is 11.0 Å². The molecule has 2 aromatic heterocycles. The van der Waals surface area contributed by atoms with Gasteiger partial charge in [-0.15, -0.1) is 0 Å². The van der Waals surface area contributed by atoms with Crippen molar-refractivity contribution in [3.8, 4) is 0 Å². The number of fused-ring (bicyclic) bond motifs is 5. The molecule has 2 heterocycles. The predicted octanol–water partition coefficient (Wildman–Crippen LogP) is 6.60. The molecular formula is C25H19BF2N2. The highest BCUT2D eigenvalue weighted by Crippen LogP contribution is 2.39. The van der Waals surface area contributed by atoms with Gasteiger partial charge in [0.1, 0.15) is 11.9 Å².